The molecule has 3 aromatic carbocycles. The molecule has 44 heavy (non-hydrogen) atoms. The Morgan fingerprint density at radius 1 is 1.20 bits per heavy atom. The Hall–Kier alpha value is -4.92. The Kier molecular flexibility index (Phi) is 8.58. The zero-order valence-electron chi connectivity index (χ0n) is 24.7. The molecule has 0 saturated heterocycles. The summed E-state index contributed by atoms with van der Waals surface area (Å²) in [5.74, 6) is -1.54. The zero-order valence-corrected chi connectivity index (χ0v) is 25.5. The topological polar surface area (TPSA) is 131 Å². The van der Waals surface area contributed by atoms with Gasteiger partial charge in [0, 0.05) is 40.1 Å². The average Bonchev–Trinajstić information content (AvgIpc) is 3.68. The lowest BCUT2D eigenvalue weighted by Crippen LogP contribution is -2.42. The predicted molar refractivity (Wildman–Crippen MR) is 164 cm³/mol. The van der Waals surface area contributed by atoms with Crippen LogP contribution in [0.4, 0.5) is 10.1 Å². The van der Waals surface area contributed by atoms with Gasteiger partial charge in [-0.25, -0.2) is 9.37 Å². The highest BCUT2D eigenvalue weighted by atomic mass is 32.1. The minimum atomic E-state index is -1.63. The smallest absolute Gasteiger partial charge is 0.305 e. The number of nitrogen functional groups attached to an aromatic ring is 1. The quantitative estimate of drug-likeness (QED) is 0.131. The lowest BCUT2D eigenvalue weighted by Gasteiger charge is -2.31. The molecule has 3 N–H and O–H groups in total. The Morgan fingerprint density at radius 2 is 1.91 bits per heavy atom. The number of aliphatic hydroxyl groups is 1. The number of aryl methyl sites for hydroxylation is 2. The second kappa shape index (κ2) is 12.4. The summed E-state index contributed by atoms with van der Waals surface area (Å²) in [6, 6.07) is 18.8. The summed E-state index contributed by atoms with van der Waals surface area (Å²) in [6.45, 7) is 6.89. The first-order valence-electron chi connectivity index (χ1n) is 13.9. The van der Waals surface area contributed by atoms with Crippen LogP contribution in [0.5, 0.6) is 0 Å². The molecule has 2 aromatic heterocycles. The van der Waals surface area contributed by atoms with Gasteiger partial charge in [-0.05, 0) is 66.9 Å². The number of esters is 1. The first kappa shape index (κ1) is 30.5. The summed E-state index contributed by atoms with van der Waals surface area (Å²) >= 11 is 1.38. The molecule has 5 rings (SSSR count). The molecule has 0 aliphatic heterocycles. The van der Waals surface area contributed by atoms with Crippen LogP contribution in [0.2, 0.25) is 0 Å². The van der Waals surface area contributed by atoms with Crippen LogP contribution in [-0.4, -0.2) is 25.8 Å². The fourth-order valence-corrected chi connectivity index (χ4v) is 6.14. The number of halogens is 1. The molecule has 5 aromatic rings. The third-order valence-electron chi connectivity index (χ3n) is 7.70. The van der Waals surface area contributed by atoms with Gasteiger partial charge >= 0.3 is 5.97 Å². The lowest BCUT2D eigenvalue weighted by atomic mass is 9.82. The number of nitrogens with two attached hydrogens (primary N) is 1. The normalized spacial score (nSPS) is 13.9. The monoisotopic (exact) mass is 611 g/mol. The highest BCUT2D eigenvalue weighted by Crippen LogP contribution is 2.40. The van der Waals surface area contributed by atoms with Gasteiger partial charge in [0.2, 0.25) is 6.33 Å². The number of aromatic nitrogens is 4. The molecule has 9 nitrogen and oxygen atoms in total. The molecular weight excluding hydrogens is 579 g/mol. The van der Waals surface area contributed by atoms with Gasteiger partial charge in [0.05, 0.1) is 22.3 Å². The van der Waals surface area contributed by atoms with Gasteiger partial charge in [0.25, 0.3) is 12.6 Å². The minimum Gasteiger partial charge on any atom is -0.424 e. The first-order chi connectivity index (χ1) is 21.0. The molecule has 0 radical (unpaired) electrons. The minimum absolute atomic E-state index is 0.0526. The Labute approximate surface area is 258 Å². The number of hydrogen-bond acceptors (Lipinski definition) is 8. The van der Waals surface area contributed by atoms with Crippen molar-refractivity contribution in [1.29, 1.82) is 5.26 Å². The van der Waals surface area contributed by atoms with Crippen LogP contribution in [0, 0.1) is 31.0 Å². The van der Waals surface area contributed by atoms with Crippen molar-refractivity contribution in [3.05, 3.63) is 117 Å². The van der Waals surface area contributed by atoms with Crippen molar-refractivity contribution in [2.75, 3.05) is 5.73 Å². The number of ether oxygens (including phenoxy) is 1. The third kappa shape index (κ3) is 6.22. The van der Waals surface area contributed by atoms with Crippen molar-refractivity contribution in [1.82, 2.24) is 14.8 Å². The van der Waals surface area contributed by atoms with E-state index in [0.717, 1.165) is 16.7 Å². The van der Waals surface area contributed by atoms with Gasteiger partial charge in [0.1, 0.15) is 18.0 Å². The van der Waals surface area contributed by atoms with Crippen molar-refractivity contribution in [2.45, 2.75) is 52.0 Å². The summed E-state index contributed by atoms with van der Waals surface area (Å²) in [7, 11) is 0. The highest BCUT2D eigenvalue weighted by Gasteiger charge is 2.42. The summed E-state index contributed by atoms with van der Waals surface area (Å²) < 4.78 is 23.3. The summed E-state index contributed by atoms with van der Waals surface area (Å²) in [4.78, 5) is 16.9. The molecule has 11 heteroatoms. The summed E-state index contributed by atoms with van der Waals surface area (Å²) in [6.07, 6.45) is 2.32. The van der Waals surface area contributed by atoms with E-state index in [4.69, 9.17) is 20.7 Å². The van der Waals surface area contributed by atoms with Crippen molar-refractivity contribution in [3.63, 3.8) is 0 Å². The molecule has 0 aliphatic rings. The van der Waals surface area contributed by atoms with Crippen molar-refractivity contribution in [2.24, 2.45) is 0 Å². The SMILES string of the molecule is CC(=O)OC(c1cc(C)c(N)c(C)c1)[n+]1cnn(CC(O)(c2cccc(F)c2)C(C)c2nc(-c3ccc(C#N)cc3)cs2)c1. The fraction of sp³-hybridized carbons (Fsp3) is 0.242. The number of hydrogen-bond donors (Lipinski definition) is 2. The van der Waals surface area contributed by atoms with Crippen LogP contribution >= 0.6 is 11.3 Å². The van der Waals surface area contributed by atoms with Crippen LogP contribution < -0.4 is 10.3 Å². The van der Waals surface area contributed by atoms with E-state index in [-0.39, 0.29) is 6.54 Å². The number of carbonyl (C=O) groups is 1. The maximum absolute atomic E-state index is 14.5. The predicted octanol–water partition coefficient (Wildman–Crippen LogP) is 5.31. The Balaban J connectivity index is 1.50. The van der Waals surface area contributed by atoms with E-state index in [1.807, 2.05) is 50.4 Å². The molecule has 0 bridgehead atoms. The molecule has 224 valence electrons. The van der Waals surface area contributed by atoms with Gasteiger partial charge in [-0.1, -0.05) is 31.2 Å². The average molecular weight is 612 g/mol. The molecule has 3 unspecified atom stereocenters. The second-order valence-electron chi connectivity index (χ2n) is 10.8. The zero-order chi connectivity index (χ0) is 31.6. The van der Waals surface area contributed by atoms with Crippen molar-refractivity contribution < 1.29 is 23.6 Å². The number of benzene rings is 3. The number of carbonyl (C=O) groups excluding carboxylic acids is 1. The number of rotatable bonds is 9. The Bertz CT molecular complexity index is 1840. The van der Waals surface area contributed by atoms with Crippen LogP contribution in [0.25, 0.3) is 11.3 Å². The van der Waals surface area contributed by atoms with E-state index in [9.17, 15) is 14.3 Å². The van der Waals surface area contributed by atoms with Gasteiger partial charge in [-0.2, -0.15) is 9.83 Å². The largest absolute Gasteiger partial charge is 0.424 e. The van der Waals surface area contributed by atoms with Crippen molar-refractivity contribution in [3.8, 4) is 17.3 Å². The van der Waals surface area contributed by atoms with E-state index < -0.39 is 29.5 Å². The fourth-order valence-electron chi connectivity index (χ4n) is 5.17. The Morgan fingerprint density at radius 3 is 2.55 bits per heavy atom. The number of nitriles is 1. The van der Waals surface area contributed by atoms with Crippen LogP contribution in [0.15, 0.2) is 78.7 Å². The first-order valence-corrected chi connectivity index (χ1v) is 14.8. The van der Waals surface area contributed by atoms with Crippen LogP contribution in [0.3, 0.4) is 0 Å². The molecule has 3 atom stereocenters. The maximum atomic E-state index is 14.5. The van der Waals surface area contributed by atoms with Crippen LogP contribution in [-0.2, 0) is 21.7 Å². The van der Waals surface area contributed by atoms with E-state index in [0.29, 0.717) is 33.1 Å². The van der Waals surface area contributed by atoms with Gasteiger partial charge in [0.15, 0.2) is 0 Å². The number of thiazole rings is 1. The highest BCUT2D eigenvalue weighted by molar-refractivity contribution is 7.10. The van der Waals surface area contributed by atoms with E-state index in [2.05, 4.69) is 11.2 Å². The molecule has 0 saturated carbocycles. The molecule has 2 heterocycles. The van der Waals surface area contributed by atoms with Crippen LogP contribution in [0.1, 0.15) is 58.8 Å². The lowest BCUT2D eigenvalue weighted by molar-refractivity contribution is -0.747. The van der Waals surface area contributed by atoms with Gasteiger partial charge < -0.3 is 15.6 Å². The van der Waals surface area contributed by atoms with Crippen molar-refractivity contribution >= 4 is 23.0 Å². The third-order valence-corrected chi connectivity index (χ3v) is 8.72. The summed E-state index contributed by atoms with van der Waals surface area (Å²) in [5.41, 5.74) is 10.1. The molecule has 0 spiro atoms. The van der Waals surface area contributed by atoms with E-state index in [1.165, 1.54) is 41.4 Å². The summed E-state index contributed by atoms with van der Waals surface area (Å²) in [5, 5.41) is 28.5. The molecule has 0 amide bonds. The standard InChI is InChI=1S/C33H32FN6O3S/c1-20-12-26(13-21(2)30(20)36)32(43-23(4)41)39-18-37-40(19-39)17-33(42,27-6-5-7-28(34)14-27)22(3)31-38-29(16-44-31)25-10-8-24(15-35)9-11-25/h5-14,16,18-19,22,32,42H,17,36H2,1-4H3/q+1. The number of anilines is 1. The maximum Gasteiger partial charge on any atom is 0.305 e. The van der Waals surface area contributed by atoms with E-state index >= 15 is 0 Å². The van der Waals surface area contributed by atoms with Gasteiger partial charge in [-0.15, -0.1) is 16.0 Å². The van der Waals surface area contributed by atoms with Gasteiger partial charge in [-0.3, -0.25) is 4.79 Å². The molecule has 0 fully saturated rings. The molecular formula is C33H32FN6O3S+. The second-order valence-corrected chi connectivity index (χ2v) is 11.7. The van der Waals surface area contributed by atoms with E-state index in [1.54, 1.807) is 35.2 Å². The number of nitrogens with zero attached hydrogens (tertiary/aromatic N) is 5. The molecule has 0 aliphatic carbocycles.